The van der Waals surface area contributed by atoms with E-state index in [0.717, 1.165) is 17.4 Å². The number of hydrogen-bond acceptors (Lipinski definition) is 15. The molecule has 2 fully saturated rings. The highest BCUT2D eigenvalue weighted by Crippen LogP contribution is 2.67. The zero-order valence-corrected chi connectivity index (χ0v) is 32.2. The Hall–Kier alpha value is -3.25. The van der Waals surface area contributed by atoms with Gasteiger partial charge in [0.15, 0.2) is 34.7 Å². The lowest BCUT2D eigenvalue weighted by Crippen LogP contribution is -2.31. The Morgan fingerprint density at radius 3 is 2.35 bits per heavy atom. The van der Waals surface area contributed by atoms with Gasteiger partial charge in [-0.05, 0) is 41.1 Å². The van der Waals surface area contributed by atoms with Gasteiger partial charge >= 0.3 is 23.5 Å². The Kier molecular flexibility index (Phi) is 11.6. The van der Waals surface area contributed by atoms with Gasteiger partial charge in [-0.3, -0.25) is 14.0 Å². The number of imidazole rings is 1. The van der Waals surface area contributed by atoms with Crippen LogP contribution >= 0.6 is 35.2 Å². The Morgan fingerprint density at radius 1 is 0.870 bits per heavy atom. The first-order valence-electron chi connectivity index (χ1n) is 16.6. The molecule has 2 aromatic heterocycles. The molecule has 22 heteroatoms. The van der Waals surface area contributed by atoms with Gasteiger partial charge in [0.05, 0.1) is 12.9 Å². The van der Waals surface area contributed by atoms with Crippen molar-refractivity contribution in [2.24, 2.45) is 0 Å². The summed E-state index contributed by atoms with van der Waals surface area (Å²) in [4.78, 5) is 44.7. The summed E-state index contributed by atoms with van der Waals surface area (Å²) in [6.07, 6.45) is 0.164. The molecule has 0 spiro atoms. The molecule has 2 aliphatic heterocycles. The molecule has 7 rings (SSSR count). The lowest BCUT2D eigenvalue weighted by Gasteiger charge is -2.22. The summed E-state index contributed by atoms with van der Waals surface area (Å²) in [5.74, 6) is 0.360. The highest BCUT2D eigenvalue weighted by Gasteiger charge is 2.55. The standard InChI is InChI=1S/C32H36N5O13P3S/c1-3-15-33-29-26-30(36-32(35-29)54-2)37(19-34-26)31-28-27(46-25(47-28)16-20-9-5-4-6-10-20)24(45-31)18-44-51(38,39)49-53(42,43)50-52(40,41)48-23-14-13-21-11-7-8-12-22(21)17-23/h4-14,17,19,24-25,27-28,31H,3,15-16,18H2,1-2H3,(H,38,39)(H,40,41)(H,42,43)(H,33,35,36)/t24-,25?,27?,28?,31-/m1/s1. The number of aromatic nitrogens is 4. The summed E-state index contributed by atoms with van der Waals surface area (Å²) < 4.78 is 77.5. The number of phosphoric ester groups is 2. The quantitative estimate of drug-likeness (QED) is 0.0492. The van der Waals surface area contributed by atoms with E-state index in [-0.39, 0.29) is 5.75 Å². The molecule has 8 atom stereocenters. The van der Waals surface area contributed by atoms with Crippen LogP contribution in [0.1, 0.15) is 25.1 Å². The Bertz CT molecular complexity index is 2270. The van der Waals surface area contributed by atoms with Crippen molar-refractivity contribution in [3.8, 4) is 5.75 Å². The van der Waals surface area contributed by atoms with Crippen LogP contribution in [0.3, 0.4) is 0 Å². The molecular weight excluding hydrogens is 787 g/mol. The van der Waals surface area contributed by atoms with E-state index in [0.29, 0.717) is 40.5 Å². The van der Waals surface area contributed by atoms with E-state index in [9.17, 15) is 28.4 Å². The number of thioether (sulfide) groups is 1. The Balaban J connectivity index is 1.07. The number of ether oxygens (including phenoxy) is 3. The molecule has 18 nitrogen and oxygen atoms in total. The molecule has 2 aliphatic rings. The van der Waals surface area contributed by atoms with E-state index in [2.05, 4.69) is 28.9 Å². The van der Waals surface area contributed by atoms with Gasteiger partial charge in [-0.15, -0.1) is 0 Å². The molecule has 2 saturated heterocycles. The van der Waals surface area contributed by atoms with Gasteiger partial charge in [0.25, 0.3) is 0 Å². The lowest BCUT2D eigenvalue weighted by molar-refractivity contribution is -0.149. The minimum absolute atomic E-state index is 0.176. The highest BCUT2D eigenvalue weighted by atomic mass is 32.2. The van der Waals surface area contributed by atoms with Crippen LogP contribution in [0.25, 0.3) is 21.9 Å². The number of benzene rings is 3. The average Bonchev–Trinajstić information content (AvgIpc) is 3.82. The fourth-order valence-electron chi connectivity index (χ4n) is 6.04. The first-order chi connectivity index (χ1) is 25.8. The summed E-state index contributed by atoms with van der Waals surface area (Å²) >= 11 is 1.34. The van der Waals surface area contributed by atoms with Crippen LogP contribution in [0.2, 0.25) is 0 Å². The van der Waals surface area contributed by atoms with Crippen molar-refractivity contribution in [3.63, 3.8) is 0 Å². The largest absolute Gasteiger partial charge is 0.536 e. The molecule has 0 saturated carbocycles. The van der Waals surface area contributed by atoms with Gasteiger partial charge in [0.2, 0.25) is 0 Å². The van der Waals surface area contributed by atoms with Crippen LogP contribution in [-0.4, -0.2) is 78.2 Å². The van der Waals surface area contributed by atoms with Crippen LogP contribution in [0.15, 0.2) is 84.3 Å². The number of hydrogen-bond donors (Lipinski definition) is 4. The first-order valence-corrected chi connectivity index (χ1v) is 22.3. The number of nitrogens with one attached hydrogen (secondary N) is 1. The second-order valence-corrected chi connectivity index (χ2v) is 17.5. The smallest absolute Gasteiger partial charge is 0.404 e. The van der Waals surface area contributed by atoms with Crippen LogP contribution < -0.4 is 9.84 Å². The summed E-state index contributed by atoms with van der Waals surface area (Å²) in [5.41, 5.74) is 1.85. The second kappa shape index (κ2) is 16.1. The van der Waals surface area contributed by atoms with Crippen LogP contribution in [0.4, 0.5) is 5.82 Å². The van der Waals surface area contributed by atoms with E-state index >= 15 is 0 Å². The predicted molar refractivity (Wildman–Crippen MR) is 196 cm³/mol. The number of nitrogens with zero attached hydrogens (tertiary/aromatic N) is 4. The molecule has 0 radical (unpaired) electrons. The SMILES string of the molecule is CCCNc1nc(SC)nc2c1ncn2[C@@H]1O[C@H](COP(=O)(O)OP(=O)(O)OP(=O)(O)Oc2ccc3ccccc3c2)C2OC(Cc3ccccc3)OC21. The molecule has 54 heavy (non-hydrogen) atoms. The molecule has 5 aromatic rings. The topological polar surface area (TPSA) is 232 Å². The lowest BCUT2D eigenvalue weighted by atomic mass is 10.1. The van der Waals surface area contributed by atoms with E-state index in [4.69, 9.17) is 23.3 Å². The molecular formula is C32H36N5O13P3S. The predicted octanol–water partition coefficient (Wildman–Crippen LogP) is 6.20. The van der Waals surface area contributed by atoms with Gasteiger partial charge < -0.3 is 33.8 Å². The number of rotatable bonds is 16. The van der Waals surface area contributed by atoms with E-state index < -0.39 is 60.9 Å². The zero-order valence-electron chi connectivity index (χ0n) is 28.7. The Morgan fingerprint density at radius 2 is 1.59 bits per heavy atom. The van der Waals surface area contributed by atoms with E-state index in [1.165, 1.54) is 30.2 Å². The van der Waals surface area contributed by atoms with Gasteiger partial charge in [-0.25, -0.2) is 28.6 Å². The number of fused-ring (bicyclic) bond motifs is 3. The maximum atomic E-state index is 13.0. The molecule has 4 heterocycles. The Labute approximate surface area is 312 Å². The minimum Gasteiger partial charge on any atom is -0.404 e. The normalized spacial score (nSPS) is 24.5. The monoisotopic (exact) mass is 823 g/mol. The third-order valence-corrected chi connectivity index (χ3v) is 13.1. The summed E-state index contributed by atoms with van der Waals surface area (Å²) in [6.45, 7) is 1.96. The molecule has 0 aliphatic carbocycles. The molecule has 4 N–H and O–H groups in total. The first kappa shape index (κ1) is 39.0. The van der Waals surface area contributed by atoms with Gasteiger partial charge in [0.1, 0.15) is 24.1 Å². The average molecular weight is 824 g/mol. The maximum Gasteiger partial charge on any atom is 0.536 e. The van der Waals surface area contributed by atoms with Crippen LogP contribution in [0, 0.1) is 0 Å². The van der Waals surface area contributed by atoms with Crippen LogP contribution in [-0.2, 0) is 47.5 Å². The third kappa shape index (κ3) is 9.06. The molecule has 288 valence electrons. The zero-order chi connectivity index (χ0) is 38.1. The molecule has 0 amide bonds. The van der Waals surface area contributed by atoms with Crippen molar-refractivity contribution < 1.29 is 60.3 Å². The fraction of sp³-hybridized carbons (Fsp3) is 0.344. The van der Waals surface area contributed by atoms with E-state index in [1.807, 2.05) is 43.5 Å². The number of phosphoric acid groups is 3. The van der Waals surface area contributed by atoms with Gasteiger partial charge in [0, 0.05) is 13.0 Å². The summed E-state index contributed by atoms with van der Waals surface area (Å²) in [5, 5.41) is 5.18. The highest BCUT2D eigenvalue weighted by molar-refractivity contribution is 7.98. The molecule has 6 unspecified atom stereocenters. The van der Waals surface area contributed by atoms with Crippen molar-refractivity contribution in [3.05, 3.63) is 84.7 Å². The summed E-state index contributed by atoms with van der Waals surface area (Å²) in [7, 11) is -16.6. The maximum absolute atomic E-state index is 13.0. The molecule has 3 aromatic carbocycles. The van der Waals surface area contributed by atoms with Crippen molar-refractivity contribution >= 4 is 63.0 Å². The van der Waals surface area contributed by atoms with Crippen molar-refractivity contribution in [1.82, 2.24) is 19.5 Å². The summed E-state index contributed by atoms with van der Waals surface area (Å²) in [6, 6.07) is 20.8. The fourth-order valence-corrected chi connectivity index (χ4v) is 9.91. The number of anilines is 1. The third-order valence-electron chi connectivity index (χ3n) is 8.30. The van der Waals surface area contributed by atoms with Gasteiger partial charge in [-0.2, -0.15) is 8.62 Å². The minimum atomic E-state index is -5.76. The molecule has 0 bridgehead atoms. The van der Waals surface area contributed by atoms with Crippen molar-refractivity contribution in [2.75, 3.05) is 24.7 Å². The van der Waals surface area contributed by atoms with Crippen molar-refractivity contribution in [1.29, 1.82) is 0 Å². The van der Waals surface area contributed by atoms with Gasteiger partial charge in [-0.1, -0.05) is 79.3 Å². The van der Waals surface area contributed by atoms with E-state index in [1.54, 1.807) is 34.9 Å². The second-order valence-electron chi connectivity index (χ2n) is 12.2. The van der Waals surface area contributed by atoms with Crippen molar-refractivity contribution in [2.45, 2.75) is 55.8 Å². The van der Waals surface area contributed by atoms with Crippen LogP contribution in [0.5, 0.6) is 5.75 Å².